The van der Waals surface area contributed by atoms with Crippen LogP contribution in [0.5, 0.6) is 17.2 Å². The van der Waals surface area contributed by atoms with Crippen LogP contribution < -0.4 is 0 Å². The van der Waals surface area contributed by atoms with Crippen molar-refractivity contribution in [2.45, 2.75) is 90.4 Å². The Morgan fingerprint density at radius 3 is 1.97 bits per heavy atom. The van der Waals surface area contributed by atoms with Crippen molar-refractivity contribution in [3.8, 4) is 17.2 Å². The van der Waals surface area contributed by atoms with Crippen molar-refractivity contribution >= 4 is 0 Å². The normalized spacial score (nSPS) is 29.1. The maximum Gasteiger partial charge on any atom is 0.123 e. The average Bonchev–Trinajstić information content (AvgIpc) is 2.74. The fourth-order valence-corrected chi connectivity index (χ4v) is 6.00. The van der Waals surface area contributed by atoms with E-state index in [4.69, 9.17) is 0 Å². The minimum atomic E-state index is -0.287. The molecular formula is C28H38O3. The lowest BCUT2D eigenvalue weighted by molar-refractivity contribution is 0.272. The third-order valence-corrected chi connectivity index (χ3v) is 8.30. The van der Waals surface area contributed by atoms with Crippen LogP contribution in [-0.2, 0) is 5.41 Å². The van der Waals surface area contributed by atoms with Gasteiger partial charge in [-0.1, -0.05) is 38.8 Å². The molecule has 0 atom stereocenters. The zero-order valence-electron chi connectivity index (χ0n) is 19.5. The number of aryl methyl sites for hydroxylation is 2. The highest BCUT2D eigenvalue weighted by Crippen LogP contribution is 2.52. The highest BCUT2D eigenvalue weighted by Gasteiger charge is 2.40. The quantitative estimate of drug-likeness (QED) is 0.490. The van der Waals surface area contributed by atoms with Crippen LogP contribution in [0.1, 0.15) is 98.9 Å². The van der Waals surface area contributed by atoms with Gasteiger partial charge in [-0.15, -0.1) is 0 Å². The molecule has 2 aromatic rings. The lowest BCUT2D eigenvalue weighted by Gasteiger charge is -2.42. The van der Waals surface area contributed by atoms with Crippen molar-refractivity contribution in [3.63, 3.8) is 0 Å². The summed E-state index contributed by atoms with van der Waals surface area (Å²) in [5, 5.41) is 32.1. The van der Waals surface area contributed by atoms with Crippen LogP contribution in [0.15, 0.2) is 24.3 Å². The van der Waals surface area contributed by atoms with E-state index in [1.807, 2.05) is 19.9 Å². The molecule has 0 aliphatic heterocycles. The molecule has 0 spiro atoms. The standard InChI is InChI=1S/C28H38O3/c1-17-5-7-21(8-6-17)23-15-22(13-20(4)27(23)31)28(11-9-18(2)10-12-28)24-14-19(3)25(29)16-26(24)30/h13-18,21,29-31H,5-12H2,1-4H3. The Morgan fingerprint density at radius 1 is 0.710 bits per heavy atom. The van der Waals surface area contributed by atoms with Crippen molar-refractivity contribution in [2.24, 2.45) is 11.8 Å². The van der Waals surface area contributed by atoms with Crippen LogP contribution in [0, 0.1) is 25.7 Å². The van der Waals surface area contributed by atoms with Crippen LogP contribution in [0.2, 0.25) is 0 Å². The molecule has 0 heterocycles. The molecule has 0 aromatic heterocycles. The van der Waals surface area contributed by atoms with Crippen molar-refractivity contribution in [3.05, 3.63) is 52.1 Å². The first kappa shape index (κ1) is 22.0. The summed E-state index contributed by atoms with van der Waals surface area (Å²) >= 11 is 0. The Bertz CT molecular complexity index is 945. The average molecular weight is 423 g/mol. The van der Waals surface area contributed by atoms with Crippen molar-refractivity contribution in [1.82, 2.24) is 0 Å². The van der Waals surface area contributed by atoms with Crippen molar-refractivity contribution in [2.75, 3.05) is 0 Å². The molecule has 2 saturated carbocycles. The maximum absolute atomic E-state index is 11.0. The third-order valence-electron chi connectivity index (χ3n) is 8.30. The monoisotopic (exact) mass is 422 g/mol. The van der Waals surface area contributed by atoms with Crippen LogP contribution in [-0.4, -0.2) is 15.3 Å². The van der Waals surface area contributed by atoms with Gasteiger partial charge in [0.15, 0.2) is 0 Å². The van der Waals surface area contributed by atoms with Crippen LogP contribution in [0.4, 0.5) is 0 Å². The fraction of sp³-hybridized carbons (Fsp3) is 0.571. The van der Waals surface area contributed by atoms with Gasteiger partial charge in [0.05, 0.1) is 0 Å². The van der Waals surface area contributed by atoms with E-state index in [1.165, 1.54) is 24.5 Å². The minimum absolute atomic E-state index is 0.138. The van der Waals surface area contributed by atoms with Gasteiger partial charge in [-0.3, -0.25) is 0 Å². The van der Waals surface area contributed by atoms with E-state index in [9.17, 15) is 15.3 Å². The first-order valence-corrected chi connectivity index (χ1v) is 12.1. The molecule has 168 valence electrons. The van der Waals surface area contributed by atoms with Gasteiger partial charge >= 0.3 is 0 Å². The number of hydrogen-bond acceptors (Lipinski definition) is 3. The van der Waals surface area contributed by atoms with Gasteiger partial charge in [-0.2, -0.15) is 0 Å². The van der Waals surface area contributed by atoms with Gasteiger partial charge in [0.2, 0.25) is 0 Å². The summed E-state index contributed by atoms with van der Waals surface area (Å²) in [6, 6.07) is 7.87. The third kappa shape index (κ3) is 4.04. The van der Waals surface area contributed by atoms with E-state index in [0.29, 0.717) is 17.6 Å². The number of phenolic OH excluding ortho intramolecular Hbond substituents is 3. The molecule has 0 amide bonds. The highest BCUT2D eigenvalue weighted by atomic mass is 16.3. The predicted molar refractivity (Wildman–Crippen MR) is 126 cm³/mol. The van der Waals surface area contributed by atoms with Gasteiger partial charge in [0.1, 0.15) is 17.2 Å². The number of aromatic hydroxyl groups is 3. The smallest absolute Gasteiger partial charge is 0.123 e. The molecule has 3 heteroatoms. The Morgan fingerprint density at radius 2 is 1.32 bits per heavy atom. The first-order chi connectivity index (χ1) is 14.7. The Labute approximate surface area is 187 Å². The summed E-state index contributed by atoms with van der Waals surface area (Å²) < 4.78 is 0. The Kier molecular flexibility index (Phi) is 5.98. The van der Waals surface area contributed by atoms with Gasteiger partial charge in [-0.25, -0.2) is 0 Å². The zero-order valence-corrected chi connectivity index (χ0v) is 19.5. The molecule has 2 fully saturated rings. The summed E-state index contributed by atoms with van der Waals surface area (Å²) in [6.07, 6.45) is 8.85. The minimum Gasteiger partial charge on any atom is -0.508 e. The fourth-order valence-electron chi connectivity index (χ4n) is 6.00. The largest absolute Gasteiger partial charge is 0.508 e. The number of hydrogen-bond donors (Lipinski definition) is 3. The molecule has 0 saturated heterocycles. The van der Waals surface area contributed by atoms with Crippen LogP contribution in [0.3, 0.4) is 0 Å². The topological polar surface area (TPSA) is 60.7 Å². The number of phenols is 3. The molecule has 3 N–H and O–H groups in total. The SMILES string of the molecule is Cc1cc(C2(c3cc(C)c(O)c(C4CCC(C)CC4)c3)CCC(C)CC2)c(O)cc1O. The number of benzene rings is 2. The lowest BCUT2D eigenvalue weighted by Crippen LogP contribution is -2.33. The summed E-state index contributed by atoms with van der Waals surface area (Å²) in [4.78, 5) is 0. The first-order valence-electron chi connectivity index (χ1n) is 12.1. The van der Waals surface area contributed by atoms with Crippen molar-refractivity contribution in [1.29, 1.82) is 0 Å². The van der Waals surface area contributed by atoms with Gasteiger partial charge in [0, 0.05) is 17.0 Å². The summed E-state index contributed by atoms with van der Waals surface area (Å²) in [6.45, 7) is 8.54. The maximum atomic E-state index is 11.0. The molecule has 2 aliphatic carbocycles. The lowest BCUT2D eigenvalue weighted by atomic mass is 9.62. The zero-order chi connectivity index (χ0) is 22.3. The second-order valence-corrected chi connectivity index (χ2v) is 10.6. The van der Waals surface area contributed by atoms with E-state index in [1.54, 1.807) is 0 Å². The van der Waals surface area contributed by atoms with E-state index < -0.39 is 0 Å². The summed E-state index contributed by atoms with van der Waals surface area (Å²) in [5.41, 5.74) is 4.66. The molecule has 2 aromatic carbocycles. The Balaban J connectivity index is 1.86. The predicted octanol–water partition coefficient (Wildman–Crippen LogP) is 7.21. The summed E-state index contributed by atoms with van der Waals surface area (Å²) in [5.74, 6) is 2.62. The molecule has 0 bridgehead atoms. The van der Waals surface area contributed by atoms with E-state index in [-0.39, 0.29) is 16.9 Å². The Hall–Kier alpha value is -2.16. The van der Waals surface area contributed by atoms with Crippen LogP contribution in [0.25, 0.3) is 0 Å². The second kappa shape index (κ2) is 8.41. The number of rotatable bonds is 3. The van der Waals surface area contributed by atoms with Gasteiger partial charge in [-0.05, 0) is 98.4 Å². The molecule has 31 heavy (non-hydrogen) atoms. The highest BCUT2D eigenvalue weighted by molar-refractivity contribution is 5.56. The second-order valence-electron chi connectivity index (χ2n) is 10.6. The van der Waals surface area contributed by atoms with Gasteiger partial charge < -0.3 is 15.3 Å². The molecule has 4 rings (SSSR count). The molecule has 3 nitrogen and oxygen atoms in total. The molecular weight excluding hydrogens is 384 g/mol. The van der Waals surface area contributed by atoms with Gasteiger partial charge in [0.25, 0.3) is 0 Å². The molecule has 2 aliphatic rings. The van der Waals surface area contributed by atoms with E-state index in [2.05, 4.69) is 26.0 Å². The van der Waals surface area contributed by atoms with Crippen LogP contribution >= 0.6 is 0 Å². The van der Waals surface area contributed by atoms with E-state index in [0.717, 1.165) is 66.7 Å². The molecule has 0 unspecified atom stereocenters. The van der Waals surface area contributed by atoms with E-state index >= 15 is 0 Å². The summed E-state index contributed by atoms with van der Waals surface area (Å²) in [7, 11) is 0. The molecule has 0 radical (unpaired) electrons. The van der Waals surface area contributed by atoms with Crippen molar-refractivity contribution < 1.29 is 15.3 Å².